The van der Waals surface area contributed by atoms with Gasteiger partial charge in [-0.05, 0) is 0 Å². The highest BCUT2D eigenvalue weighted by Crippen LogP contribution is 2.28. The van der Waals surface area contributed by atoms with Gasteiger partial charge in [0.2, 0.25) is 0 Å². The Morgan fingerprint density at radius 2 is 1.82 bits per heavy atom. The first-order valence-corrected chi connectivity index (χ1v) is 3.51. The number of hydrogen-bond donors (Lipinski definition) is 3. The smallest absolute Gasteiger partial charge is 0.184 e. The van der Waals surface area contributed by atoms with E-state index in [0.29, 0.717) is 0 Å². The molecule has 0 amide bonds. The zero-order valence-corrected chi connectivity index (χ0v) is 5.75. The van der Waals surface area contributed by atoms with Gasteiger partial charge in [-0.1, -0.05) is 0 Å². The minimum absolute atomic E-state index is 0.236. The molecule has 0 aromatic heterocycles. The van der Waals surface area contributed by atoms with Gasteiger partial charge in [0.05, 0.1) is 6.61 Å². The summed E-state index contributed by atoms with van der Waals surface area (Å²) < 4.78 is 9.82. The van der Waals surface area contributed by atoms with Crippen LogP contribution < -0.4 is 0 Å². The van der Waals surface area contributed by atoms with Crippen LogP contribution >= 0.6 is 0 Å². The van der Waals surface area contributed by atoms with E-state index in [1.807, 2.05) is 0 Å². The van der Waals surface area contributed by atoms with Gasteiger partial charge >= 0.3 is 0 Å². The average Bonchev–Trinajstić information content (AvgIpc) is 2.23. The second-order valence-corrected chi connectivity index (χ2v) is 2.84. The van der Waals surface area contributed by atoms with Gasteiger partial charge in [0.25, 0.3) is 0 Å². The molecule has 0 aromatic carbocycles. The van der Waals surface area contributed by atoms with E-state index < -0.39 is 30.7 Å². The highest BCUT2D eigenvalue weighted by Gasteiger charge is 2.49. The minimum Gasteiger partial charge on any atom is -0.387 e. The zero-order chi connectivity index (χ0) is 8.01. The third-order valence-electron chi connectivity index (χ3n) is 2.11. The van der Waals surface area contributed by atoms with Crippen molar-refractivity contribution in [1.29, 1.82) is 0 Å². The fourth-order valence-corrected chi connectivity index (χ4v) is 1.46. The van der Waals surface area contributed by atoms with Gasteiger partial charge in [-0.3, -0.25) is 0 Å². The molecule has 0 saturated carbocycles. The summed E-state index contributed by atoms with van der Waals surface area (Å²) in [6.45, 7) is 0.236. The molecule has 2 saturated heterocycles. The highest BCUT2D eigenvalue weighted by molar-refractivity contribution is 4.94. The van der Waals surface area contributed by atoms with E-state index in [2.05, 4.69) is 0 Å². The van der Waals surface area contributed by atoms with Gasteiger partial charge in [-0.25, -0.2) is 0 Å². The van der Waals surface area contributed by atoms with E-state index in [-0.39, 0.29) is 6.61 Å². The number of ether oxygens (including phenoxy) is 2. The van der Waals surface area contributed by atoms with E-state index in [1.54, 1.807) is 0 Å². The van der Waals surface area contributed by atoms with Crippen molar-refractivity contribution in [3.63, 3.8) is 0 Å². The predicted octanol–water partition coefficient (Wildman–Crippen LogP) is -2.18. The molecule has 2 aliphatic rings. The maximum absolute atomic E-state index is 9.28. The van der Waals surface area contributed by atoms with Crippen molar-refractivity contribution in [1.82, 2.24) is 0 Å². The molecule has 0 spiro atoms. The zero-order valence-electron chi connectivity index (χ0n) is 5.75. The molecule has 5 atom stereocenters. The molecule has 0 radical (unpaired) electrons. The Morgan fingerprint density at radius 1 is 1.09 bits per heavy atom. The van der Waals surface area contributed by atoms with Crippen molar-refractivity contribution in [2.45, 2.75) is 30.7 Å². The summed E-state index contributed by atoms with van der Waals surface area (Å²) in [7, 11) is 0. The molecule has 5 heteroatoms. The molecule has 0 aromatic rings. The van der Waals surface area contributed by atoms with Crippen LogP contribution in [0.1, 0.15) is 0 Å². The average molecular weight is 162 g/mol. The normalized spacial score (nSPS) is 56.5. The predicted molar refractivity (Wildman–Crippen MR) is 32.6 cm³/mol. The molecule has 5 nitrogen and oxygen atoms in total. The third kappa shape index (κ3) is 0.969. The summed E-state index contributed by atoms with van der Waals surface area (Å²) >= 11 is 0. The lowest BCUT2D eigenvalue weighted by atomic mass is 10.0. The second kappa shape index (κ2) is 2.40. The molecule has 5 unspecified atom stereocenters. The Kier molecular flexibility index (Phi) is 1.62. The molecule has 3 N–H and O–H groups in total. The molecule has 2 heterocycles. The molecule has 11 heavy (non-hydrogen) atoms. The maximum Gasteiger partial charge on any atom is 0.184 e. The Bertz CT molecular complexity index is 161. The lowest BCUT2D eigenvalue weighted by Gasteiger charge is -2.31. The Balaban J connectivity index is 2.16. The molecular weight excluding hydrogens is 152 g/mol. The van der Waals surface area contributed by atoms with Gasteiger partial charge in [0.15, 0.2) is 6.29 Å². The SMILES string of the molecule is OC1OC2COC(C1O)C2O. The van der Waals surface area contributed by atoms with E-state index in [9.17, 15) is 10.2 Å². The van der Waals surface area contributed by atoms with Gasteiger partial charge < -0.3 is 24.8 Å². The van der Waals surface area contributed by atoms with Crippen LogP contribution in [0.25, 0.3) is 0 Å². The number of hydrogen-bond acceptors (Lipinski definition) is 5. The first kappa shape index (κ1) is 7.45. The number of aliphatic hydroxyl groups excluding tert-OH is 3. The molecule has 2 fully saturated rings. The molecule has 2 bridgehead atoms. The van der Waals surface area contributed by atoms with Crippen LogP contribution in [0.5, 0.6) is 0 Å². The van der Waals surface area contributed by atoms with Gasteiger partial charge in [-0.2, -0.15) is 0 Å². The van der Waals surface area contributed by atoms with Crippen molar-refractivity contribution in [3.8, 4) is 0 Å². The summed E-state index contributed by atoms with van der Waals surface area (Å²) in [6, 6.07) is 0. The summed E-state index contributed by atoms with van der Waals surface area (Å²) in [5.74, 6) is 0. The fourth-order valence-electron chi connectivity index (χ4n) is 1.46. The van der Waals surface area contributed by atoms with Crippen LogP contribution in [-0.2, 0) is 9.47 Å². The molecule has 64 valence electrons. The summed E-state index contributed by atoms with van der Waals surface area (Å²) in [6.07, 6.45) is -4.35. The van der Waals surface area contributed by atoms with Crippen LogP contribution in [0.4, 0.5) is 0 Å². The maximum atomic E-state index is 9.28. The molecule has 0 aliphatic carbocycles. The van der Waals surface area contributed by atoms with E-state index >= 15 is 0 Å². The van der Waals surface area contributed by atoms with Crippen LogP contribution in [0, 0.1) is 0 Å². The topological polar surface area (TPSA) is 79.2 Å². The first-order valence-electron chi connectivity index (χ1n) is 3.51. The Hall–Kier alpha value is -0.200. The number of rotatable bonds is 0. The van der Waals surface area contributed by atoms with Crippen molar-refractivity contribution in [2.75, 3.05) is 6.61 Å². The lowest BCUT2D eigenvalue weighted by Crippen LogP contribution is -2.52. The van der Waals surface area contributed by atoms with Crippen LogP contribution in [0.2, 0.25) is 0 Å². The van der Waals surface area contributed by atoms with Crippen LogP contribution in [-0.4, -0.2) is 52.6 Å². The van der Waals surface area contributed by atoms with E-state index in [4.69, 9.17) is 14.6 Å². The van der Waals surface area contributed by atoms with E-state index in [0.717, 1.165) is 0 Å². The largest absolute Gasteiger partial charge is 0.387 e. The van der Waals surface area contributed by atoms with Gasteiger partial charge in [-0.15, -0.1) is 0 Å². The second-order valence-electron chi connectivity index (χ2n) is 2.84. The quantitative estimate of drug-likeness (QED) is 0.377. The molecule has 2 rings (SSSR count). The third-order valence-corrected chi connectivity index (χ3v) is 2.11. The molecular formula is C6H10O5. The summed E-state index contributed by atoms with van der Waals surface area (Å²) in [4.78, 5) is 0. The van der Waals surface area contributed by atoms with Crippen molar-refractivity contribution in [3.05, 3.63) is 0 Å². The van der Waals surface area contributed by atoms with E-state index in [1.165, 1.54) is 0 Å². The van der Waals surface area contributed by atoms with Crippen molar-refractivity contribution in [2.24, 2.45) is 0 Å². The number of fused-ring (bicyclic) bond motifs is 2. The standard InChI is InChI=1S/C6H10O5/c7-3-2-1-10-5(3)4(8)6(9)11-2/h2-9H,1H2. The highest BCUT2D eigenvalue weighted by atomic mass is 16.7. The minimum atomic E-state index is -1.23. The van der Waals surface area contributed by atoms with Crippen molar-refractivity contribution >= 4 is 0 Å². The summed E-state index contributed by atoms with van der Waals surface area (Å²) in [5.41, 5.74) is 0. The van der Waals surface area contributed by atoms with Crippen molar-refractivity contribution < 1.29 is 24.8 Å². The van der Waals surface area contributed by atoms with Gasteiger partial charge in [0, 0.05) is 0 Å². The van der Waals surface area contributed by atoms with Gasteiger partial charge in [0.1, 0.15) is 24.4 Å². The first-order chi connectivity index (χ1) is 5.20. The van der Waals surface area contributed by atoms with Crippen LogP contribution in [0.15, 0.2) is 0 Å². The fraction of sp³-hybridized carbons (Fsp3) is 1.00. The number of aliphatic hydroxyl groups is 3. The van der Waals surface area contributed by atoms with Crippen LogP contribution in [0.3, 0.4) is 0 Å². The Labute approximate surface area is 63.2 Å². The lowest BCUT2D eigenvalue weighted by molar-refractivity contribution is -0.242. The Morgan fingerprint density at radius 3 is 2.55 bits per heavy atom. The summed E-state index contributed by atoms with van der Waals surface area (Å²) in [5, 5.41) is 27.5. The molecule has 2 aliphatic heterocycles. The monoisotopic (exact) mass is 162 g/mol.